The van der Waals surface area contributed by atoms with Crippen LogP contribution in [0.4, 0.5) is 0 Å². The van der Waals surface area contributed by atoms with E-state index < -0.39 is 6.10 Å². The van der Waals surface area contributed by atoms with Gasteiger partial charge in [-0.25, -0.2) is 0 Å². The van der Waals surface area contributed by atoms with Crippen molar-refractivity contribution >= 4 is 16.7 Å². The third kappa shape index (κ3) is 4.53. The van der Waals surface area contributed by atoms with Crippen molar-refractivity contribution in [1.82, 2.24) is 5.32 Å². The number of ether oxygens (including phenoxy) is 1. The molecule has 0 saturated carbocycles. The summed E-state index contributed by atoms with van der Waals surface area (Å²) < 4.78 is 6.05. The molecule has 0 aliphatic heterocycles. The van der Waals surface area contributed by atoms with Crippen molar-refractivity contribution in [2.24, 2.45) is 0 Å². The molecule has 0 saturated heterocycles. The maximum absolute atomic E-state index is 12.9. The molecule has 0 radical (unpaired) electrons. The maximum atomic E-state index is 12.9. The lowest BCUT2D eigenvalue weighted by molar-refractivity contribution is -0.128. The smallest absolute Gasteiger partial charge is 0.261 e. The second-order valence-corrected chi connectivity index (χ2v) is 7.34. The van der Waals surface area contributed by atoms with Crippen molar-refractivity contribution < 1.29 is 9.53 Å². The van der Waals surface area contributed by atoms with Crippen LogP contribution in [0.15, 0.2) is 60.7 Å². The Hall–Kier alpha value is -2.81. The summed E-state index contributed by atoms with van der Waals surface area (Å²) in [4.78, 5) is 12.9. The molecule has 28 heavy (non-hydrogen) atoms. The molecule has 3 heteroatoms. The Labute approximate surface area is 167 Å². The zero-order chi connectivity index (χ0) is 20.1. The topological polar surface area (TPSA) is 38.3 Å². The Morgan fingerprint density at radius 1 is 0.893 bits per heavy atom. The minimum atomic E-state index is -0.512. The molecule has 146 valence electrons. The van der Waals surface area contributed by atoms with Gasteiger partial charge in [0.05, 0.1) is 6.04 Å². The van der Waals surface area contributed by atoms with Gasteiger partial charge in [-0.2, -0.15) is 0 Å². The molecule has 0 aliphatic carbocycles. The van der Waals surface area contributed by atoms with Crippen molar-refractivity contribution in [3.63, 3.8) is 0 Å². The Bertz CT molecular complexity index is 964. The average Bonchev–Trinajstić information content (AvgIpc) is 2.72. The van der Waals surface area contributed by atoms with Crippen LogP contribution >= 0.6 is 0 Å². The molecule has 0 heterocycles. The molecule has 0 fully saturated rings. The first-order valence-corrected chi connectivity index (χ1v) is 10.0. The van der Waals surface area contributed by atoms with Crippen LogP contribution in [0.1, 0.15) is 49.4 Å². The number of nitrogens with one attached hydrogen (secondary N) is 1. The van der Waals surface area contributed by atoms with Gasteiger partial charge in [0.15, 0.2) is 6.10 Å². The average molecular weight is 376 g/mol. The molecular formula is C25H29NO2. The normalized spacial score (nSPS) is 13.1. The van der Waals surface area contributed by atoms with Crippen LogP contribution in [0.5, 0.6) is 5.75 Å². The number of amides is 1. The molecule has 2 atom stereocenters. The first-order chi connectivity index (χ1) is 13.5. The van der Waals surface area contributed by atoms with Crippen molar-refractivity contribution in [1.29, 1.82) is 0 Å². The summed E-state index contributed by atoms with van der Waals surface area (Å²) in [5.74, 6) is 0.653. The molecule has 0 unspecified atom stereocenters. The molecule has 0 aliphatic rings. The van der Waals surface area contributed by atoms with Crippen LogP contribution in [0.25, 0.3) is 10.8 Å². The number of carbonyl (C=O) groups is 1. The first-order valence-electron chi connectivity index (χ1n) is 10.0. The minimum absolute atomic E-state index is 0.0129. The molecule has 3 aromatic rings. The van der Waals surface area contributed by atoms with E-state index in [2.05, 4.69) is 56.4 Å². The van der Waals surface area contributed by atoms with Gasteiger partial charge in [0.25, 0.3) is 5.91 Å². The molecule has 0 aromatic heterocycles. The largest absolute Gasteiger partial charge is 0.481 e. The summed E-state index contributed by atoms with van der Waals surface area (Å²) in [5.41, 5.74) is 3.64. The van der Waals surface area contributed by atoms with Crippen molar-refractivity contribution in [3.05, 3.63) is 77.4 Å². The highest BCUT2D eigenvalue weighted by atomic mass is 16.5. The predicted octanol–water partition coefficient (Wildman–Crippen LogP) is 5.88. The number of carbonyl (C=O) groups excluding carboxylic acids is 1. The molecule has 3 rings (SSSR count). The van der Waals surface area contributed by atoms with E-state index in [0.29, 0.717) is 6.42 Å². The van der Waals surface area contributed by atoms with Crippen LogP contribution in [0.3, 0.4) is 0 Å². The lowest BCUT2D eigenvalue weighted by Gasteiger charge is -2.23. The quantitative estimate of drug-likeness (QED) is 0.560. The molecule has 3 nitrogen and oxygen atoms in total. The van der Waals surface area contributed by atoms with Crippen molar-refractivity contribution in [2.75, 3.05) is 0 Å². The van der Waals surface area contributed by atoms with E-state index in [1.807, 2.05) is 37.3 Å². The number of hydrogen-bond acceptors (Lipinski definition) is 2. The highest BCUT2D eigenvalue weighted by molar-refractivity contribution is 5.84. The Kier molecular flexibility index (Phi) is 6.35. The summed E-state index contributed by atoms with van der Waals surface area (Å²) in [7, 11) is 0. The van der Waals surface area contributed by atoms with Gasteiger partial charge >= 0.3 is 0 Å². The van der Waals surface area contributed by atoms with Gasteiger partial charge in [-0.05, 0) is 66.3 Å². The zero-order valence-corrected chi connectivity index (χ0v) is 17.2. The Morgan fingerprint density at radius 3 is 2.32 bits per heavy atom. The van der Waals surface area contributed by atoms with Crippen LogP contribution in [-0.2, 0) is 4.79 Å². The summed E-state index contributed by atoms with van der Waals surface area (Å²) in [6.45, 7) is 8.27. The van der Waals surface area contributed by atoms with Gasteiger partial charge in [-0.3, -0.25) is 4.79 Å². The lowest BCUT2D eigenvalue weighted by atomic mass is 9.99. The second-order valence-electron chi connectivity index (χ2n) is 7.34. The zero-order valence-electron chi connectivity index (χ0n) is 17.2. The van der Waals surface area contributed by atoms with Gasteiger partial charge in [0.1, 0.15) is 5.75 Å². The van der Waals surface area contributed by atoms with E-state index in [1.165, 1.54) is 11.1 Å². The summed E-state index contributed by atoms with van der Waals surface area (Å²) >= 11 is 0. The fourth-order valence-electron chi connectivity index (χ4n) is 3.39. The van der Waals surface area contributed by atoms with Gasteiger partial charge in [-0.15, -0.1) is 0 Å². The molecule has 1 N–H and O–H groups in total. The SMILES string of the molecule is CC[C@H](Oc1ccc2ccccc2c1)C(=O)N[C@H](CC)c1ccc(C)c(C)c1. The van der Waals surface area contributed by atoms with Gasteiger partial charge in [-0.1, -0.05) is 62.4 Å². The standard InChI is InChI=1S/C25H29NO2/c1-5-23(21-12-11-17(3)18(4)15-21)26-25(27)24(6-2)28-22-14-13-19-9-7-8-10-20(19)16-22/h7-16,23-24H,5-6H2,1-4H3,(H,26,27)/t23-,24+/m1/s1. The highest BCUT2D eigenvalue weighted by Crippen LogP contribution is 2.23. The second kappa shape index (κ2) is 8.92. The fourth-order valence-corrected chi connectivity index (χ4v) is 3.39. The van der Waals surface area contributed by atoms with Crippen LogP contribution < -0.4 is 10.1 Å². The van der Waals surface area contributed by atoms with Gasteiger partial charge < -0.3 is 10.1 Å². The van der Waals surface area contributed by atoms with Gasteiger partial charge in [0, 0.05) is 0 Å². The van der Waals surface area contributed by atoms with E-state index in [0.717, 1.165) is 28.5 Å². The molecular weight excluding hydrogens is 346 g/mol. The summed E-state index contributed by atoms with van der Waals surface area (Å²) in [6.07, 6.45) is 0.935. The monoisotopic (exact) mass is 375 g/mol. The molecule has 0 bridgehead atoms. The van der Waals surface area contributed by atoms with Crippen LogP contribution in [0.2, 0.25) is 0 Å². The predicted molar refractivity (Wildman–Crippen MR) is 116 cm³/mol. The third-order valence-electron chi connectivity index (χ3n) is 5.32. The van der Waals surface area contributed by atoms with E-state index in [-0.39, 0.29) is 11.9 Å². The Balaban J connectivity index is 1.73. The number of aryl methyl sites for hydroxylation is 2. The minimum Gasteiger partial charge on any atom is -0.481 e. The number of fused-ring (bicyclic) bond motifs is 1. The van der Waals surface area contributed by atoms with Gasteiger partial charge in [0.2, 0.25) is 0 Å². The Morgan fingerprint density at radius 2 is 1.64 bits per heavy atom. The lowest BCUT2D eigenvalue weighted by Crippen LogP contribution is -2.40. The summed E-state index contributed by atoms with van der Waals surface area (Å²) in [6, 6.07) is 20.5. The van der Waals surface area contributed by atoms with E-state index >= 15 is 0 Å². The molecule has 0 spiro atoms. The first kappa shape index (κ1) is 19.9. The molecule has 3 aromatic carbocycles. The van der Waals surface area contributed by atoms with E-state index in [4.69, 9.17) is 4.74 Å². The number of benzene rings is 3. The fraction of sp³-hybridized carbons (Fsp3) is 0.320. The number of hydrogen-bond donors (Lipinski definition) is 1. The number of rotatable bonds is 7. The van der Waals surface area contributed by atoms with Crippen LogP contribution in [-0.4, -0.2) is 12.0 Å². The van der Waals surface area contributed by atoms with Crippen molar-refractivity contribution in [3.8, 4) is 5.75 Å². The van der Waals surface area contributed by atoms with E-state index in [1.54, 1.807) is 0 Å². The maximum Gasteiger partial charge on any atom is 0.261 e. The summed E-state index contributed by atoms with van der Waals surface area (Å²) in [5, 5.41) is 5.44. The highest BCUT2D eigenvalue weighted by Gasteiger charge is 2.22. The third-order valence-corrected chi connectivity index (χ3v) is 5.32. The molecule has 1 amide bonds. The van der Waals surface area contributed by atoms with Crippen molar-refractivity contribution in [2.45, 2.75) is 52.7 Å². The van der Waals surface area contributed by atoms with E-state index in [9.17, 15) is 4.79 Å². The van der Waals surface area contributed by atoms with Crippen LogP contribution in [0, 0.1) is 13.8 Å².